The van der Waals surface area contributed by atoms with Gasteiger partial charge >= 0.3 is 0 Å². The fourth-order valence-electron chi connectivity index (χ4n) is 3.92. The molecule has 134 valence electrons. The van der Waals surface area contributed by atoms with Gasteiger partial charge in [0.05, 0.1) is 6.10 Å². The zero-order chi connectivity index (χ0) is 17.8. The van der Waals surface area contributed by atoms with E-state index in [0.717, 1.165) is 36.3 Å². The van der Waals surface area contributed by atoms with Gasteiger partial charge in [-0.2, -0.15) is 0 Å². The second-order valence-electron chi connectivity index (χ2n) is 7.30. The van der Waals surface area contributed by atoms with E-state index in [1.54, 1.807) is 0 Å². The van der Waals surface area contributed by atoms with E-state index in [1.807, 2.05) is 6.07 Å². The summed E-state index contributed by atoms with van der Waals surface area (Å²) < 4.78 is 0. The first-order valence-corrected chi connectivity index (χ1v) is 9.61. The molecule has 2 N–H and O–H groups in total. The lowest BCUT2D eigenvalue weighted by Crippen LogP contribution is -2.27. The highest BCUT2D eigenvalue weighted by molar-refractivity contribution is 6.31. The summed E-state index contributed by atoms with van der Waals surface area (Å²) in [6, 6.07) is 14.9. The SMILES string of the molecule is CCc1ccc(Cc2cc(C3CC(CO)C[C@H](O)C3)ccc2Cl)cc1. The van der Waals surface area contributed by atoms with E-state index in [-0.39, 0.29) is 18.6 Å². The Morgan fingerprint density at radius 1 is 1.00 bits per heavy atom. The van der Waals surface area contributed by atoms with Gasteiger partial charge in [0.15, 0.2) is 0 Å². The van der Waals surface area contributed by atoms with Crippen LogP contribution in [0.25, 0.3) is 0 Å². The van der Waals surface area contributed by atoms with Crippen LogP contribution in [0.15, 0.2) is 42.5 Å². The standard InChI is InChI=1S/C22H27ClO2/c1-2-15-3-5-16(6-4-15)9-20-12-18(7-8-22(20)23)19-10-17(14-24)11-21(25)13-19/h3-8,12,17,19,21,24-25H,2,9-11,13-14H2,1H3/t17?,19?,21-/m0/s1. The molecule has 3 heteroatoms. The van der Waals surface area contributed by atoms with E-state index >= 15 is 0 Å². The molecule has 3 rings (SSSR count). The van der Waals surface area contributed by atoms with Gasteiger partial charge in [0.1, 0.15) is 0 Å². The average molecular weight is 359 g/mol. The number of hydrogen-bond acceptors (Lipinski definition) is 2. The second kappa shape index (κ2) is 8.35. The first-order chi connectivity index (χ1) is 12.1. The van der Waals surface area contributed by atoms with Gasteiger partial charge in [0, 0.05) is 11.6 Å². The molecule has 0 aliphatic heterocycles. The molecule has 3 atom stereocenters. The molecule has 0 heterocycles. The Morgan fingerprint density at radius 3 is 2.40 bits per heavy atom. The molecule has 1 saturated carbocycles. The summed E-state index contributed by atoms with van der Waals surface area (Å²) in [4.78, 5) is 0. The zero-order valence-corrected chi connectivity index (χ0v) is 15.5. The number of rotatable bonds is 5. The predicted octanol–water partition coefficient (Wildman–Crippen LogP) is 4.73. The Bertz CT molecular complexity index is 696. The molecule has 0 saturated heterocycles. The molecule has 0 aromatic heterocycles. The van der Waals surface area contributed by atoms with Crippen molar-refractivity contribution in [2.24, 2.45) is 5.92 Å². The van der Waals surface area contributed by atoms with Crippen LogP contribution < -0.4 is 0 Å². The average Bonchev–Trinajstić information content (AvgIpc) is 2.63. The molecule has 2 aromatic rings. The Kier molecular flexibility index (Phi) is 6.16. The summed E-state index contributed by atoms with van der Waals surface area (Å²) in [5.41, 5.74) is 4.95. The van der Waals surface area contributed by atoms with Gasteiger partial charge in [0.2, 0.25) is 0 Å². The molecule has 1 aliphatic rings. The predicted molar refractivity (Wildman–Crippen MR) is 103 cm³/mol. The van der Waals surface area contributed by atoms with Crippen molar-refractivity contribution in [2.75, 3.05) is 6.61 Å². The Morgan fingerprint density at radius 2 is 1.72 bits per heavy atom. The molecular formula is C22H27ClO2. The molecular weight excluding hydrogens is 332 g/mol. The molecule has 25 heavy (non-hydrogen) atoms. The summed E-state index contributed by atoms with van der Waals surface area (Å²) in [5.74, 6) is 0.480. The molecule has 0 bridgehead atoms. The second-order valence-corrected chi connectivity index (χ2v) is 7.71. The van der Waals surface area contributed by atoms with Crippen LogP contribution in [0.3, 0.4) is 0 Å². The third-order valence-corrected chi connectivity index (χ3v) is 5.77. The highest BCUT2D eigenvalue weighted by Gasteiger charge is 2.28. The Hall–Kier alpha value is -1.35. The summed E-state index contributed by atoms with van der Waals surface area (Å²) in [6.07, 6.45) is 3.94. The molecule has 1 fully saturated rings. The fraction of sp³-hybridized carbons (Fsp3) is 0.455. The van der Waals surface area contributed by atoms with Crippen LogP contribution in [-0.4, -0.2) is 22.9 Å². The van der Waals surface area contributed by atoms with Crippen molar-refractivity contribution in [3.8, 4) is 0 Å². The lowest BCUT2D eigenvalue weighted by Gasteiger charge is -2.32. The lowest BCUT2D eigenvalue weighted by atomic mass is 9.76. The minimum absolute atomic E-state index is 0.151. The molecule has 0 amide bonds. The summed E-state index contributed by atoms with van der Waals surface area (Å²) in [6.45, 7) is 2.31. The molecule has 1 aliphatic carbocycles. The van der Waals surface area contributed by atoms with Crippen molar-refractivity contribution < 1.29 is 10.2 Å². The first-order valence-electron chi connectivity index (χ1n) is 9.24. The monoisotopic (exact) mass is 358 g/mol. The van der Waals surface area contributed by atoms with Crippen LogP contribution in [0, 0.1) is 5.92 Å². The van der Waals surface area contributed by atoms with Crippen LogP contribution in [0.1, 0.15) is 54.4 Å². The quantitative estimate of drug-likeness (QED) is 0.811. The van der Waals surface area contributed by atoms with E-state index in [1.165, 1.54) is 16.7 Å². The summed E-state index contributed by atoms with van der Waals surface area (Å²) >= 11 is 6.44. The van der Waals surface area contributed by atoms with Crippen LogP contribution in [-0.2, 0) is 12.8 Å². The highest BCUT2D eigenvalue weighted by atomic mass is 35.5. The van der Waals surface area contributed by atoms with Crippen LogP contribution >= 0.6 is 11.6 Å². The molecule has 0 spiro atoms. The minimum atomic E-state index is -0.323. The number of hydrogen-bond donors (Lipinski definition) is 2. The number of halogens is 1. The maximum absolute atomic E-state index is 10.1. The number of aliphatic hydroxyl groups excluding tert-OH is 2. The number of benzene rings is 2. The number of aryl methyl sites for hydroxylation is 1. The highest BCUT2D eigenvalue weighted by Crippen LogP contribution is 2.37. The van der Waals surface area contributed by atoms with Gasteiger partial charge in [0.25, 0.3) is 0 Å². The van der Waals surface area contributed by atoms with Crippen molar-refractivity contribution in [1.29, 1.82) is 0 Å². The largest absolute Gasteiger partial charge is 0.396 e. The fourth-order valence-corrected chi connectivity index (χ4v) is 4.11. The van der Waals surface area contributed by atoms with E-state index in [2.05, 4.69) is 43.3 Å². The third-order valence-electron chi connectivity index (χ3n) is 5.41. The van der Waals surface area contributed by atoms with Gasteiger partial charge in [-0.15, -0.1) is 0 Å². The molecule has 2 aromatic carbocycles. The third kappa shape index (κ3) is 4.63. The van der Waals surface area contributed by atoms with E-state index < -0.39 is 0 Å². The number of aliphatic hydroxyl groups is 2. The normalized spacial score (nSPS) is 23.6. The molecule has 2 nitrogen and oxygen atoms in total. The van der Waals surface area contributed by atoms with Crippen molar-refractivity contribution in [2.45, 2.75) is 51.0 Å². The van der Waals surface area contributed by atoms with Crippen molar-refractivity contribution in [1.82, 2.24) is 0 Å². The van der Waals surface area contributed by atoms with E-state index in [4.69, 9.17) is 11.6 Å². The molecule has 0 radical (unpaired) electrons. The van der Waals surface area contributed by atoms with Crippen molar-refractivity contribution in [3.63, 3.8) is 0 Å². The van der Waals surface area contributed by atoms with Gasteiger partial charge < -0.3 is 10.2 Å². The maximum atomic E-state index is 10.1. The van der Waals surface area contributed by atoms with Gasteiger partial charge in [-0.25, -0.2) is 0 Å². The van der Waals surface area contributed by atoms with Gasteiger partial charge in [-0.3, -0.25) is 0 Å². The lowest BCUT2D eigenvalue weighted by molar-refractivity contribution is 0.0650. The van der Waals surface area contributed by atoms with E-state index in [0.29, 0.717) is 12.3 Å². The zero-order valence-electron chi connectivity index (χ0n) is 14.8. The van der Waals surface area contributed by atoms with Gasteiger partial charge in [-0.05, 0) is 72.3 Å². The topological polar surface area (TPSA) is 40.5 Å². The van der Waals surface area contributed by atoms with Crippen LogP contribution in [0.4, 0.5) is 0 Å². The minimum Gasteiger partial charge on any atom is -0.396 e. The molecule has 2 unspecified atom stereocenters. The van der Waals surface area contributed by atoms with Crippen LogP contribution in [0.5, 0.6) is 0 Å². The Balaban J connectivity index is 1.79. The summed E-state index contributed by atoms with van der Waals surface area (Å²) in [7, 11) is 0. The maximum Gasteiger partial charge on any atom is 0.0549 e. The van der Waals surface area contributed by atoms with E-state index in [9.17, 15) is 10.2 Å². The first kappa shape index (κ1) is 18.4. The smallest absolute Gasteiger partial charge is 0.0549 e. The van der Waals surface area contributed by atoms with Crippen molar-refractivity contribution >= 4 is 11.6 Å². The Labute approximate surface area is 155 Å². The van der Waals surface area contributed by atoms with Crippen LogP contribution in [0.2, 0.25) is 5.02 Å². The van der Waals surface area contributed by atoms with Gasteiger partial charge in [-0.1, -0.05) is 54.9 Å². The summed E-state index contributed by atoms with van der Waals surface area (Å²) in [5, 5.41) is 20.4. The van der Waals surface area contributed by atoms with Crippen molar-refractivity contribution in [3.05, 3.63) is 69.7 Å².